The van der Waals surface area contributed by atoms with Crippen LogP contribution in [0, 0.1) is 0 Å². The van der Waals surface area contributed by atoms with Crippen LogP contribution in [0.2, 0.25) is 0 Å². The number of aliphatic carboxylic acids is 1. The van der Waals surface area contributed by atoms with Gasteiger partial charge in [-0.05, 0) is 18.6 Å². The molecule has 0 unspecified atom stereocenters. The molecule has 0 aliphatic carbocycles. The van der Waals surface area contributed by atoms with Crippen LogP contribution in [0.15, 0.2) is 18.3 Å². The molecule has 0 saturated carbocycles. The van der Waals surface area contributed by atoms with Gasteiger partial charge in [0, 0.05) is 18.2 Å². The molecule has 0 saturated heterocycles. The van der Waals surface area contributed by atoms with Gasteiger partial charge in [0.05, 0.1) is 0 Å². The zero-order valence-electron chi connectivity index (χ0n) is 9.01. The van der Waals surface area contributed by atoms with Crippen LogP contribution >= 0.6 is 0 Å². The van der Waals surface area contributed by atoms with E-state index in [4.69, 9.17) is 16.6 Å². The summed E-state index contributed by atoms with van der Waals surface area (Å²) >= 11 is 0. The molecule has 0 aliphatic rings. The van der Waals surface area contributed by atoms with Crippen LogP contribution in [0.5, 0.6) is 0 Å². The molecule has 16 heavy (non-hydrogen) atoms. The van der Waals surface area contributed by atoms with Gasteiger partial charge in [-0.3, -0.25) is 9.59 Å². The lowest BCUT2D eigenvalue weighted by atomic mass is 10.2. The van der Waals surface area contributed by atoms with Crippen molar-refractivity contribution in [2.24, 2.45) is 5.73 Å². The Balaban J connectivity index is 0.000000325. The number of hydrogen-bond acceptors (Lipinski definition) is 4. The zero-order valence-corrected chi connectivity index (χ0v) is 9.01. The molecular formula is C10H15N3O3. The molecule has 5 N–H and O–H groups in total. The van der Waals surface area contributed by atoms with Gasteiger partial charge in [0.15, 0.2) is 0 Å². The first-order valence-corrected chi connectivity index (χ1v) is 4.70. The van der Waals surface area contributed by atoms with Gasteiger partial charge < -0.3 is 16.6 Å². The highest BCUT2D eigenvalue weighted by Crippen LogP contribution is 2.00. The molecule has 0 atom stereocenters. The number of nitrogens with two attached hydrogens (primary N) is 2. The minimum atomic E-state index is -0.711. The summed E-state index contributed by atoms with van der Waals surface area (Å²) in [6, 6.07) is 2.95. The van der Waals surface area contributed by atoms with Crippen LogP contribution in [-0.2, 0) is 4.79 Å². The smallest absolute Gasteiger partial charge is 0.303 e. The van der Waals surface area contributed by atoms with Gasteiger partial charge in [-0.2, -0.15) is 0 Å². The predicted octanol–water partition coefficient (Wildman–Crippen LogP) is 0.634. The second-order valence-electron chi connectivity index (χ2n) is 2.98. The van der Waals surface area contributed by atoms with E-state index in [2.05, 4.69) is 4.98 Å². The highest BCUT2D eigenvalue weighted by atomic mass is 16.4. The fourth-order valence-corrected chi connectivity index (χ4v) is 0.815. The fourth-order valence-electron chi connectivity index (χ4n) is 0.815. The average molecular weight is 225 g/mol. The summed E-state index contributed by atoms with van der Waals surface area (Å²) in [4.78, 5) is 23.8. The third-order valence-corrected chi connectivity index (χ3v) is 1.53. The molecule has 1 aromatic heterocycles. The maximum Gasteiger partial charge on any atom is 0.303 e. The quantitative estimate of drug-likeness (QED) is 0.697. The zero-order chi connectivity index (χ0) is 12.6. The maximum absolute atomic E-state index is 10.5. The summed E-state index contributed by atoms with van der Waals surface area (Å²) in [6.07, 6.45) is 2.46. The second kappa shape index (κ2) is 7.22. The van der Waals surface area contributed by atoms with Crippen molar-refractivity contribution < 1.29 is 14.7 Å². The Bertz CT molecular complexity index is 366. The van der Waals surface area contributed by atoms with Gasteiger partial charge >= 0.3 is 5.97 Å². The number of pyridine rings is 1. The Morgan fingerprint density at radius 3 is 2.38 bits per heavy atom. The Labute approximate surface area is 93.3 Å². The molecule has 1 aromatic rings. The fraction of sp³-hybridized carbons (Fsp3) is 0.300. The van der Waals surface area contributed by atoms with E-state index in [-0.39, 0.29) is 0 Å². The van der Waals surface area contributed by atoms with Gasteiger partial charge in [0.1, 0.15) is 5.82 Å². The number of amides is 1. The lowest BCUT2D eigenvalue weighted by Gasteiger charge is -1.93. The Hall–Kier alpha value is -2.11. The second-order valence-corrected chi connectivity index (χ2v) is 2.98. The van der Waals surface area contributed by atoms with E-state index in [0.29, 0.717) is 17.8 Å². The molecule has 1 heterocycles. The normalized spacial score (nSPS) is 8.81. The number of nitrogen functional groups attached to an aromatic ring is 1. The first-order chi connectivity index (χ1) is 7.47. The largest absolute Gasteiger partial charge is 0.481 e. The Kier molecular flexibility index (Phi) is 6.27. The van der Waals surface area contributed by atoms with Gasteiger partial charge in [-0.25, -0.2) is 4.98 Å². The van der Waals surface area contributed by atoms with Gasteiger partial charge in [0.25, 0.3) is 0 Å². The number of nitrogens with zero attached hydrogens (tertiary/aromatic N) is 1. The number of rotatable bonds is 3. The molecule has 0 spiro atoms. The number of hydrogen-bond donors (Lipinski definition) is 3. The highest BCUT2D eigenvalue weighted by molar-refractivity contribution is 5.93. The summed E-state index contributed by atoms with van der Waals surface area (Å²) in [5, 5.41) is 7.91. The molecule has 0 aliphatic heterocycles. The molecule has 1 rings (SSSR count). The summed E-state index contributed by atoms with van der Waals surface area (Å²) in [5.74, 6) is -0.900. The number of carboxylic acid groups (broad SMARTS) is 1. The average Bonchev–Trinajstić information content (AvgIpc) is 2.18. The first kappa shape index (κ1) is 13.9. The van der Waals surface area contributed by atoms with Gasteiger partial charge in [-0.15, -0.1) is 0 Å². The van der Waals surface area contributed by atoms with Crippen molar-refractivity contribution in [1.29, 1.82) is 0 Å². The van der Waals surface area contributed by atoms with Crippen molar-refractivity contribution >= 4 is 17.7 Å². The number of carbonyl (C=O) groups is 2. The SMILES string of the molecule is CCCC(=O)O.NC(=O)c1ccnc(N)c1. The highest BCUT2D eigenvalue weighted by Gasteiger charge is 1.98. The van der Waals surface area contributed by atoms with Crippen LogP contribution in [0.25, 0.3) is 0 Å². The van der Waals surface area contributed by atoms with Crippen LogP contribution in [0.3, 0.4) is 0 Å². The number of primary amides is 1. The minimum Gasteiger partial charge on any atom is -0.481 e. The van der Waals surface area contributed by atoms with E-state index in [1.807, 2.05) is 6.92 Å². The van der Waals surface area contributed by atoms with E-state index in [9.17, 15) is 9.59 Å². The molecule has 0 aromatic carbocycles. The van der Waals surface area contributed by atoms with Crippen molar-refractivity contribution in [3.63, 3.8) is 0 Å². The van der Waals surface area contributed by atoms with Gasteiger partial charge in [0.2, 0.25) is 5.91 Å². The molecule has 0 radical (unpaired) electrons. The standard InChI is InChI=1S/C6H7N3O.C4H8O2/c7-5-3-4(6(8)10)1-2-9-5;1-2-3-4(5)6/h1-3H,(H2,7,9)(H2,8,10);2-3H2,1H3,(H,5,6). The Morgan fingerprint density at radius 1 is 1.50 bits per heavy atom. The molecule has 1 amide bonds. The lowest BCUT2D eigenvalue weighted by Crippen LogP contribution is -2.11. The Morgan fingerprint density at radius 2 is 2.12 bits per heavy atom. The van der Waals surface area contributed by atoms with Crippen LogP contribution in [0.1, 0.15) is 30.1 Å². The summed E-state index contributed by atoms with van der Waals surface area (Å²) in [5.41, 5.74) is 10.6. The third kappa shape index (κ3) is 6.36. The molecule has 88 valence electrons. The van der Waals surface area contributed by atoms with Crippen LogP contribution in [-0.4, -0.2) is 22.0 Å². The number of carboxylic acids is 1. The lowest BCUT2D eigenvalue weighted by molar-refractivity contribution is -0.137. The molecule has 6 nitrogen and oxygen atoms in total. The summed E-state index contributed by atoms with van der Waals surface area (Å²) in [7, 11) is 0. The van der Waals surface area contributed by atoms with E-state index >= 15 is 0 Å². The number of anilines is 1. The molecule has 0 bridgehead atoms. The molecular weight excluding hydrogens is 210 g/mol. The maximum atomic E-state index is 10.5. The predicted molar refractivity (Wildman–Crippen MR) is 59.7 cm³/mol. The van der Waals surface area contributed by atoms with Crippen molar-refractivity contribution in [3.8, 4) is 0 Å². The summed E-state index contributed by atoms with van der Waals surface area (Å²) < 4.78 is 0. The molecule has 6 heteroatoms. The summed E-state index contributed by atoms with van der Waals surface area (Å²) in [6.45, 7) is 1.84. The van der Waals surface area contributed by atoms with Crippen molar-refractivity contribution in [3.05, 3.63) is 23.9 Å². The monoisotopic (exact) mass is 225 g/mol. The number of carbonyl (C=O) groups excluding carboxylic acids is 1. The van der Waals surface area contributed by atoms with E-state index in [1.54, 1.807) is 0 Å². The van der Waals surface area contributed by atoms with E-state index < -0.39 is 11.9 Å². The minimum absolute atomic E-state index is 0.292. The van der Waals surface area contributed by atoms with Crippen molar-refractivity contribution in [2.45, 2.75) is 19.8 Å². The van der Waals surface area contributed by atoms with Crippen LogP contribution < -0.4 is 11.5 Å². The first-order valence-electron chi connectivity index (χ1n) is 4.70. The third-order valence-electron chi connectivity index (χ3n) is 1.53. The van der Waals surface area contributed by atoms with E-state index in [0.717, 1.165) is 6.42 Å². The van der Waals surface area contributed by atoms with E-state index in [1.165, 1.54) is 18.3 Å². The topological polar surface area (TPSA) is 119 Å². The van der Waals surface area contributed by atoms with Crippen molar-refractivity contribution in [1.82, 2.24) is 4.98 Å². The molecule has 0 fully saturated rings. The van der Waals surface area contributed by atoms with Crippen LogP contribution in [0.4, 0.5) is 5.82 Å². The van der Waals surface area contributed by atoms with Crippen molar-refractivity contribution in [2.75, 3.05) is 5.73 Å². The number of aromatic nitrogens is 1. The van der Waals surface area contributed by atoms with Gasteiger partial charge in [-0.1, -0.05) is 6.92 Å².